The summed E-state index contributed by atoms with van der Waals surface area (Å²) in [6, 6.07) is 6.24. The van der Waals surface area contributed by atoms with Crippen molar-refractivity contribution in [1.29, 1.82) is 0 Å². The first kappa shape index (κ1) is 14.9. The van der Waals surface area contributed by atoms with Gasteiger partial charge in [0.1, 0.15) is 5.75 Å². The molecule has 102 valence electrons. The minimum Gasteiger partial charge on any atom is -0.496 e. The van der Waals surface area contributed by atoms with Crippen LogP contribution in [-0.2, 0) is 6.42 Å². The van der Waals surface area contributed by atoms with Crippen LogP contribution in [0.4, 0.5) is 0 Å². The van der Waals surface area contributed by atoms with E-state index in [-0.39, 0.29) is 0 Å². The van der Waals surface area contributed by atoms with Crippen LogP contribution in [0.3, 0.4) is 0 Å². The van der Waals surface area contributed by atoms with E-state index in [1.807, 2.05) is 6.92 Å². The summed E-state index contributed by atoms with van der Waals surface area (Å²) >= 11 is 0. The predicted octanol–water partition coefficient (Wildman–Crippen LogP) is 1.34. The Labute approximate surface area is 115 Å². The third kappa shape index (κ3) is 4.92. The van der Waals surface area contributed by atoms with Crippen LogP contribution in [0.2, 0.25) is 0 Å². The minimum absolute atomic E-state index is 0.470. The molecule has 0 aliphatic carbocycles. The predicted molar refractivity (Wildman–Crippen MR) is 79.6 cm³/mol. The molecule has 0 aliphatic heterocycles. The number of hydrogen-bond acceptors (Lipinski definition) is 2. The summed E-state index contributed by atoms with van der Waals surface area (Å²) in [5.41, 5.74) is 2.37. The number of benzene rings is 1. The van der Waals surface area contributed by atoms with Gasteiger partial charge in [-0.05, 0) is 30.5 Å². The third-order valence-corrected chi connectivity index (χ3v) is 2.76. The average Bonchev–Trinajstić information content (AvgIpc) is 2.44. The summed E-state index contributed by atoms with van der Waals surface area (Å²) < 4.78 is 5.31. The molecule has 0 aromatic heterocycles. The van der Waals surface area contributed by atoms with Gasteiger partial charge < -0.3 is 15.4 Å². The highest BCUT2D eigenvalue weighted by Gasteiger charge is 2.01. The van der Waals surface area contributed by atoms with Gasteiger partial charge in [-0.25, -0.2) is 0 Å². The quantitative estimate of drug-likeness (QED) is 0.476. The Hall–Kier alpha value is -2.15. The van der Waals surface area contributed by atoms with Gasteiger partial charge in [0, 0.05) is 13.6 Å². The van der Waals surface area contributed by atoms with Gasteiger partial charge in [-0.1, -0.05) is 18.1 Å². The van der Waals surface area contributed by atoms with Gasteiger partial charge in [-0.3, -0.25) is 4.99 Å². The number of ether oxygens (including phenoxy) is 1. The van der Waals surface area contributed by atoms with E-state index in [4.69, 9.17) is 11.2 Å². The van der Waals surface area contributed by atoms with Crippen molar-refractivity contribution in [2.24, 2.45) is 4.99 Å². The van der Waals surface area contributed by atoms with Crippen molar-refractivity contribution in [3.05, 3.63) is 29.3 Å². The molecule has 0 atom stereocenters. The van der Waals surface area contributed by atoms with E-state index in [0.717, 1.165) is 30.2 Å². The van der Waals surface area contributed by atoms with Crippen LogP contribution in [0, 0.1) is 19.3 Å². The van der Waals surface area contributed by atoms with Crippen molar-refractivity contribution in [1.82, 2.24) is 10.6 Å². The maximum Gasteiger partial charge on any atom is 0.191 e. The standard InChI is InChI=1S/C15H21N3O/c1-5-9-17-15(16-3)18-10-8-13-7-6-12(2)14(11-13)19-4/h1,6-7,11H,8-10H2,2-4H3,(H2,16,17,18). The van der Waals surface area contributed by atoms with Crippen molar-refractivity contribution in [2.75, 3.05) is 27.2 Å². The number of nitrogens with one attached hydrogen (secondary N) is 2. The van der Waals surface area contributed by atoms with Crippen LogP contribution in [0.1, 0.15) is 11.1 Å². The van der Waals surface area contributed by atoms with Gasteiger partial charge >= 0.3 is 0 Å². The average molecular weight is 259 g/mol. The van der Waals surface area contributed by atoms with Gasteiger partial charge in [-0.2, -0.15) is 0 Å². The molecule has 4 nitrogen and oxygen atoms in total. The van der Waals surface area contributed by atoms with E-state index in [9.17, 15) is 0 Å². The van der Waals surface area contributed by atoms with Gasteiger partial charge in [0.2, 0.25) is 0 Å². The molecule has 1 aromatic rings. The molecule has 0 fully saturated rings. The lowest BCUT2D eigenvalue weighted by Crippen LogP contribution is -2.38. The summed E-state index contributed by atoms with van der Waals surface area (Å²) in [5, 5.41) is 6.22. The van der Waals surface area contributed by atoms with E-state index in [1.54, 1.807) is 14.2 Å². The molecule has 0 heterocycles. The summed E-state index contributed by atoms with van der Waals surface area (Å²) in [6.45, 7) is 3.29. The first-order valence-electron chi connectivity index (χ1n) is 6.22. The lowest BCUT2D eigenvalue weighted by atomic mass is 10.1. The van der Waals surface area contributed by atoms with Crippen LogP contribution in [0.25, 0.3) is 0 Å². The Balaban J connectivity index is 2.47. The van der Waals surface area contributed by atoms with Crippen LogP contribution in [0.15, 0.2) is 23.2 Å². The maximum absolute atomic E-state index is 5.31. The fraction of sp³-hybridized carbons (Fsp3) is 0.400. The van der Waals surface area contributed by atoms with E-state index in [0.29, 0.717) is 6.54 Å². The van der Waals surface area contributed by atoms with E-state index < -0.39 is 0 Å². The van der Waals surface area contributed by atoms with Crippen molar-refractivity contribution < 1.29 is 4.74 Å². The zero-order chi connectivity index (χ0) is 14.1. The highest BCUT2D eigenvalue weighted by atomic mass is 16.5. The Kier molecular flexibility index (Phi) is 6.31. The second-order valence-corrected chi connectivity index (χ2v) is 4.11. The Morgan fingerprint density at radius 2 is 2.21 bits per heavy atom. The zero-order valence-corrected chi connectivity index (χ0v) is 11.8. The number of aliphatic imine (C=N–C) groups is 1. The monoisotopic (exact) mass is 259 g/mol. The lowest BCUT2D eigenvalue weighted by molar-refractivity contribution is 0.411. The molecule has 0 unspecified atom stereocenters. The SMILES string of the molecule is C#CCNC(=NC)NCCc1ccc(C)c(OC)c1. The van der Waals surface area contributed by atoms with Gasteiger partial charge in [-0.15, -0.1) is 6.42 Å². The van der Waals surface area contributed by atoms with E-state index in [2.05, 4.69) is 39.7 Å². The Morgan fingerprint density at radius 1 is 1.42 bits per heavy atom. The minimum atomic E-state index is 0.470. The summed E-state index contributed by atoms with van der Waals surface area (Å²) in [4.78, 5) is 4.08. The van der Waals surface area contributed by atoms with Crippen molar-refractivity contribution in [3.8, 4) is 18.1 Å². The maximum atomic E-state index is 5.31. The molecule has 0 aliphatic rings. The summed E-state index contributed by atoms with van der Waals surface area (Å²) in [6.07, 6.45) is 6.08. The van der Waals surface area contributed by atoms with Crippen LogP contribution in [-0.4, -0.2) is 33.2 Å². The highest BCUT2D eigenvalue weighted by molar-refractivity contribution is 5.79. The molecule has 1 rings (SSSR count). The molecular formula is C15H21N3O. The largest absolute Gasteiger partial charge is 0.496 e. The van der Waals surface area contributed by atoms with Gasteiger partial charge in [0.05, 0.1) is 13.7 Å². The molecule has 4 heteroatoms. The molecule has 0 amide bonds. The third-order valence-electron chi connectivity index (χ3n) is 2.76. The first-order valence-corrected chi connectivity index (χ1v) is 6.22. The number of aryl methyl sites for hydroxylation is 1. The molecule has 0 bridgehead atoms. The topological polar surface area (TPSA) is 45.7 Å². The Bertz CT molecular complexity index is 475. The zero-order valence-electron chi connectivity index (χ0n) is 11.8. The molecular weight excluding hydrogens is 238 g/mol. The van der Waals surface area contributed by atoms with Crippen LogP contribution in [0.5, 0.6) is 5.75 Å². The molecule has 19 heavy (non-hydrogen) atoms. The second kappa shape index (κ2) is 8.04. The van der Waals surface area contributed by atoms with Crippen molar-refractivity contribution in [2.45, 2.75) is 13.3 Å². The molecule has 2 N–H and O–H groups in total. The number of nitrogens with zero attached hydrogens (tertiary/aromatic N) is 1. The lowest BCUT2D eigenvalue weighted by Gasteiger charge is -2.11. The number of guanidine groups is 1. The molecule has 0 radical (unpaired) electrons. The fourth-order valence-electron chi connectivity index (χ4n) is 1.70. The van der Waals surface area contributed by atoms with Crippen molar-refractivity contribution in [3.63, 3.8) is 0 Å². The normalized spacial score (nSPS) is 10.7. The summed E-state index contributed by atoms with van der Waals surface area (Å²) in [5.74, 6) is 4.16. The number of terminal acetylenes is 1. The number of hydrogen-bond donors (Lipinski definition) is 2. The Morgan fingerprint density at radius 3 is 2.84 bits per heavy atom. The fourth-order valence-corrected chi connectivity index (χ4v) is 1.70. The molecule has 0 saturated carbocycles. The van der Waals surface area contributed by atoms with Crippen molar-refractivity contribution >= 4 is 5.96 Å². The van der Waals surface area contributed by atoms with Crippen LogP contribution < -0.4 is 15.4 Å². The second-order valence-electron chi connectivity index (χ2n) is 4.11. The van der Waals surface area contributed by atoms with Crippen LogP contribution >= 0.6 is 0 Å². The summed E-state index contributed by atoms with van der Waals surface area (Å²) in [7, 11) is 3.41. The molecule has 0 saturated heterocycles. The highest BCUT2D eigenvalue weighted by Crippen LogP contribution is 2.18. The first-order chi connectivity index (χ1) is 9.21. The molecule has 1 aromatic carbocycles. The molecule has 0 spiro atoms. The number of methoxy groups -OCH3 is 1. The number of rotatable bonds is 5. The van der Waals surface area contributed by atoms with E-state index in [1.165, 1.54) is 5.56 Å². The van der Waals surface area contributed by atoms with Gasteiger partial charge in [0.25, 0.3) is 0 Å². The van der Waals surface area contributed by atoms with E-state index >= 15 is 0 Å². The van der Waals surface area contributed by atoms with Gasteiger partial charge in [0.15, 0.2) is 5.96 Å². The smallest absolute Gasteiger partial charge is 0.191 e.